The zero-order chi connectivity index (χ0) is 14.7. The van der Waals surface area contributed by atoms with Crippen LogP contribution in [0.2, 0.25) is 0 Å². The normalized spacial score (nSPS) is 10.3. The summed E-state index contributed by atoms with van der Waals surface area (Å²) in [6.07, 6.45) is 6.13. The molecule has 3 heterocycles. The van der Waals surface area contributed by atoms with Crippen LogP contribution in [0.15, 0.2) is 53.9 Å². The Kier molecular flexibility index (Phi) is 3.69. The van der Waals surface area contributed by atoms with Gasteiger partial charge in [-0.3, -0.25) is 4.79 Å². The van der Waals surface area contributed by atoms with Crippen molar-refractivity contribution in [3.05, 3.63) is 59.5 Å². The lowest BCUT2D eigenvalue weighted by atomic mass is 10.2. The molecule has 7 nitrogen and oxygen atoms in total. The van der Waals surface area contributed by atoms with Gasteiger partial charge in [-0.25, -0.2) is 19.6 Å². The number of aromatic nitrogens is 5. The minimum Gasteiger partial charge on any atom is -0.319 e. The van der Waals surface area contributed by atoms with Gasteiger partial charge in [-0.2, -0.15) is 5.10 Å². The number of hydrogen-bond acceptors (Lipinski definition) is 5. The Morgan fingerprint density at radius 1 is 1.19 bits per heavy atom. The number of halogens is 1. The highest BCUT2D eigenvalue weighted by molar-refractivity contribution is 9.10. The first-order valence-electron chi connectivity index (χ1n) is 5.97. The standard InChI is InChI=1S/C13H9BrN6O/c14-11-9(3-1-5-16-11)13(21)19-10-4-2-6-17-12(10)20-8-15-7-18-20/h1-8H,(H,19,21). The summed E-state index contributed by atoms with van der Waals surface area (Å²) in [6, 6.07) is 6.85. The van der Waals surface area contributed by atoms with Crippen LogP contribution >= 0.6 is 15.9 Å². The Balaban J connectivity index is 1.93. The van der Waals surface area contributed by atoms with Crippen molar-refractivity contribution in [2.24, 2.45) is 0 Å². The highest BCUT2D eigenvalue weighted by atomic mass is 79.9. The van der Waals surface area contributed by atoms with Crippen molar-refractivity contribution in [2.45, 2.75) is 0 Å². The number of nitrogens with one attached hydrogen (secondary N) is 1. The third-order valence-corrected chi connectivity index (χ3v) is 3.31. The summed E-state index contributed by atoms with van der Waals surface area (Å²) in [6.45, 7) is 0. The van der Waals surface area contributed by atoms with Crippen molar-refractivity contribution in [2.75, 3.05) is 5.32 Å². The van der Waals surface area contributed by atoms with Crippen LogP contribution in [-0.2, 0) is 0 Å². The fraction of sp³-hybridized carbons (Fsp3) is 0. The summed E-state index contributed by atoms with van der Waals surface area (Å²) in [5, 5.41) is 6.81. The lowest BCUT2D eigenvalue weighted by Crippen LogP contribution is -2.15. The molecule has 0 spiro atoms. The molecule has 0 fully saturated rings. The second kappa shape index (κ2) is 5.80. The third kappa shape index (κ3) is 2.79. The molecule has 0 aliphatic heterocycles. The fourth-order valence-corrected chi connectivity index (χ4v) is 2.17. The maximum Gasteiger partial charge on any atom is 0.258 e. The number of carbonyl (C=O) groups excluding carboxylic acids is 1. The molecule has 1 amide bonds. The first-order chi connectivity index (χ1) is 10.3. The molecule has 104 valence electrons. The van der Waals surface area contributed by atoms with Crippen LogP contribution in [0.4, 0.5) is 5.69 Å². The van der Waals surface area contributed by atoms with E-state index in [1.165, 1.54) is 17.3 Å². The molecular weight excluding hydrogens is 336 g/mol. The van der Waals surface area contributed by atoms with E-state index in [-0.39, 0.29) is 5.91 Å². The van der Waals surface area contributed by atoms with Crippen LogP contribution in [-0.4, -0.2) is 30.6 Å². The first kappa shape index (κ1) is 13.4. The van der Waals surface area contributed by atoms with Gasteiger partial charge in [-0.15, -0.1) is 0 Å². The molecule has 0 unspecified atom stereocenters. The van der Waals surface area contributed by atoms with Gasteiger partial charge in [0.1, 0.15) is 17.3 Å². The summed E-state index contributed by atoms with van der Waals surface area (Å²) in [7, 11) is 0. The molecule has 0 bridgehead atoms. The van der Waals surface area contributed by atoms with Gasteiger partial charge in [0.15, 0.2) is 5.82 Å². The Labute approximate surface area is 128 Å². The SMILES string of the molecule is O=C(Nc1cccnc1-n1cncn1)c1cccnc1Br. The lowest BCUT2D eigenvalue weighted by Gasteiger charge is -2.10. The summed E-state index contributed by atoms with van der Waals surface area (Å²) in [5.41, 5.74) is 0.967. The molecular formula is C13H9BrN6O. The van der Waals surface area contributed by atoms with Gasteiger partial charge >= 0.3 is 0 Å². The van der Waals surface area contributed by atoms with Gasteiger partial charge in [0.25, 0.3) is 5.91 Å². The smallest absolute Gasteiger partial charge is 0.258 e. The van der Waals surface area contributed by atoms with Crippen LogP contribution in [0.5, 0.6) is 0 Å². The monoisotopic (exact) mass is 344 g/mol. The van der Waals surface area contributed by atoms with Crippen LogP contribution < -0.4 is 5.32 Å². The Morgan fingerprint density at radius 3 is 2.76 bits per heavy atom. The Hall–Kier alpha value is -2.61. The second-order valence-electron chi connectivity index (χ2n) is 4.01. The Bertz CT molecular complexity index is 774. The van der Waals surface area contributed by atoms with E-state index in [1.54, 1.807) is 36.7 Å². The number of pyridine rings is 2. The summed E-state index contributed by atoms with van der Waals surface area (Å²) in [4.78, 5) is 24.4. The van der Waals surface area contributed by atoms with Crippen molar-refractivity contribution in [3.8, 4) is 5.82 Å². The molecule has 0 aliphatic rings. The minimum absolute atomic E-state index is 0.288. The second-order valence-corrected chi connectivity index (χ2v) is 4.76. The van der Waals surface area contributed by atoms with E-state index in [0.717, 1.165) is 0 Å². The molecule has 21 heavy (non-hydrogen) atoms. The van der Waals surface area contributed by atoms with Gasteiger partial charge in [0.05, 0.1) is 11.3 Å². The van der Waals surface area contributed by atoms with Crippen LogP contribution in [0, 0.1) is 0 Å². The maximum absolute atomic E-state index is 12.3. The fourth-order valence-electron chi connectivity index (χ4n) is 1.74. The highest BCUT2D eigenvalue weighted by Crippen LogP contribution is 2.19. The number of amides is 1. The van der Waals surface area contributed by atoms with E-state index in [2.05, 4.69) is 41.3 Å². The van der Waals surface area contributed by atoms with Crippen molar-refractivity contribution >= 4 is 27.5 Å². The van der Waals surface area contributed by atoms with Gasteiger partial charge in [0.2, 0.25) is 0 Å². The zero-order valence-corrected chi connectivity index (χ0v) is 12.2. The number of carbonyl (C=O) groups is 1. The van der Waals surface area contributed by atoms with Gasteiger partial charge in [0, 0.05) is 12.4 Å². The third-order valence-electron chi connectivity index (χ3n) is 2.67. The predicted molar refractivity (Wildman–Crippen MR) is 79.0 cm³/mol. The van der Waals surface area contributed by atoms with E-state index >= 15 is 0 Å². The first-order valence-corrected chi connectivity index (χ1v) is 6.77. The average Bonchev–Trinajstić information content (AvgIpc) is 3.02. The van der Waals surface area contributed by atoms with Crippen molar-refractivity contribution < 1.29 is 4.79 Å². The number of nitrogens with zero attached hydrogens (tertiary/aromatic N) is 5. The number of anilines is 1. The molecule has 0 saturated carbocycles. The quantitative estimate of drug-likeness (QED) is 0.735. The zero-order valence-electron chi connectivity index (χ0n) is 10.6. The highest BCUT2D eigenvalue weighted by Gasteiger charge is 2.14. The van der Waals surface area contributed by atoms with Gasteiger partial charge in [-0.05, 0) is 40.2 Å². The van der Waals surface area contributed by atoms with E-state index in [1.807, 2.05) is 0 Å². The van der Waals surface area contributed by atoms with Crippen molar-refractivity contribution in [1.29, 1.82) is 0 Å². The number of rotatable bonds is 3. The molecule has 0 aromatic carbocycles. The van der Waals surface area contributed by atoms with Gasteiger partial charge in [-0.1, -0.05) is 0 Å². The average molecular weight is 345 g/mol. The van der Waals surface area contributed by atoms with Crippen LogP contribution in [0.3, 0.4) is 0 Å². The Morgan fingerprint density at radius 2 is 2.00 bits per heavy atom. The maximum atomic E-state index is 12.3. The van der Waals surface area contributed by atoms with E-state index in [4.69, 9.17) is 0 Å². The molecule has 0 saturated heterocycles. The van der Waals surface area contributed by atoms with Gasteiger partial charge < -0.3 is 5.32 Å². The van der Waals surface area contributed by atoms with E-state index < -0.39 is 0 Å². The topological polar surface area (TPSA) is 85.6 Å². The summed E-state index contributed by atoms with van der Waals surface area (Å²) in [5.74, 6) is 0.202. The lowest BCUT2D eigenvalue weighted by molar-refractivity contribution is 0.102. The minimum atomic E-state index is -0.288. The molecule has 3 aromatic rings. The summed E-state index contributed by atoms with van der Waals surface area (Å²) >= 11 is 3.25. The molecule has 0 aliphatic carbocycles. The summed E-state index contributed by atoms with van der Waals surface area (Å²) < 4.78 is 1.96. The molecule has 0 radical (unpaired) electrons. The van der Waals surface area contributed by atoms with E-state index in [0.29, 0.717) is 21.7 Å². The largest absolute Gasteiger partial charge is 0.319 e. The predicted octanol–water partition coefficient (Wildman–Crippen LogP) is 2.07. The number of hydrogen-bond donors (Lipinski definition) is 1. The van der Waals surface area contributed by atoms with Crippen LogP contribution in [0.1, 0.15) is 10.4 Å². The van der Waals surface area contributed by atoms with Crippen LogP contribution in [0.25, 0.3) is 5.82 Å². The molecule has 3 aromatic heterocycles. The molecule has 8 heteroatoms. The molecule has 0 atom stereocenters. The van der Waals surface area contributed by atoms with Crippen molar-refractivity contribution in [3.63, 3.8) is 0 Å². The van der Waals surface area contributed by atoms with Crippen molar-refractivity contribution in [1.82, 2.24) is 24.7 Å². The van der Waals surface area contributed by atoms with E-state index in [9.17, 15) is 4.79 Å². The molecule has 1 N–H and O–H groups in total. The molecule has 3 rings (SSSR count).